The van der Waals surface area contributed by atoms with E-state index in [1.54, 1.807) is 0 Å². The highest BCUT2D eigenvalue weighted by atomic mass is 35.5. The van der Waals surface area contributed by atoms with Crippen molar-refractivity contribution < 1.29 is 0 Å². The van der Waals surface area contributed by atoms with Crippen molar-refractivity contribution in [3.63, 3.8) is 0 Å². The molecule has 1 fully saturated rings. The number of fused-ring (bicyclic) bond motifs is 1. The minimum absolute atomic E-state index is 0.396. The lowest BCUT2D eigenvalue weighted by atomic mass is 10.00. The first-order chi connectivity index (χ1) is 20.4. The molecule has 1 saturated heterocycles. The lowest BCUT2D eigenvalue weighted by Gasteiger charge is -2.30. The van der Waals surface area contributed by atoms with Crippen LogP contribution >= 0.6 is 11.6 Å². The molecule has 3 heterocycles. The lowest BCUT2D eigenvalue weighted by molar-refractivity contribution is 0.434. The fraction of sp³-hybridized carbons (Fsp3) is 0.273. The van der Waals surface area contributed by atoms with Crippen molar-refractivity contribution >= 4 is 52.3 Å². The standard InChI is InChI=1S/C33H35ClN8/c1-22-15-17-41(18-16-22)33-38-31(36-29-9-6-7-23(2)24(29)3)37-32(39-33)40-35-19-26-21-42(30-10-5-4-8-28(26)30)20-25-11-13-27(34)14-12-25/h4-14,19,21-22H,15-18,20H2,1-3H3,(H2,36,37,38,39,40)/b35-19-. The Bertz CT molecular complexity index is 1720. The minimum atomic E-state index is 0.396. The molecule has 5 aromatic rings. The summed E-state index contributed by atoms with van der Waals surface area (Å²) in [5, 5.41) is 9.83. The Morgan fingerprint density at radius 2 is 1.69 bits per heavy atom. The minimum Gasteiger partial charge on any atom is -0.342 e. The van der Waals surface area contributed by atoms with Crippen LogP contribution in [0.2, 0.25) is 5.02 Å². The Morgan fingerprint density at radius 1 is 0.929 bits per heavy atom. The van der Waals surface area contributed by atoms with Gasteiger partial charge in [-0.1, -0.05) is 61.0 Å². The topological polar surface area (TPSA) is 83.3 Å². The summed E-state index contributed by atoms with van der Waals surface area (Å²) in [6, 6.07) is 22.5. The van der Waals surface area contributed by atoms with Gasteiger partial charge in [0.15, 0.2) is 0 Å². The van der Waals surface area contributed by atoms with E-state index in [-0.39, 0.29) is 0 Å². The SMILES string of the molecule is Cc1cccc(Nc2nc(N/N=C\c3cn(Cc4ccc(Cl)cc4)c4ccccc34)nc(N3CCC(C)CC3)n2)c1C. The largest absolute Gasteiger partial charge is 0.342 e. The first-order valence-corrected chi connectivity index (χ1v) is 14.8. The number of halogens is 1. The van der Waals surface area contributed by atoms with Crippen molar-refractivity contribution in [2.24, 2.45) is 11.0 Å². The molecular formula is C33H35ClN8. The summed E-state index contributed by atoms with van der Waals surface area (Å²) in [4.78, 5) is 16.4. The number of nitrogens with zero attached hydrogens (tertiary/aromatic N) is 6. The first kappa shape index (κ1) is 27.7. The van der Waals surface area contributed by atoms with E-state index < -0.39 is 0 Å². The molecule has 214 valence electrons. The first-order valence-electron chi connectivity index (χ1n) is 14.4. The van der Waals surface area contributed by atoms with Crippen LogP contribution in [0.25, 0.3) is 10.9 Å². The molecule has 0 saturated carbocycles. The summed E-state index contributed by atoms with van der Waals surface area (Å²) in [7, 11) is 0. The van der Waals surface area contributed by atoms with Gasteiger partial charge in [0.2, 0.25) is 17.8 Å². The molecular weight excluding hydrogens is 544 g/mol. The molecule has 1 aliphatic heterocycles. The molecule has 8 nitrogen and oxygen atoms in total. The summed E-state index contributed by atoms with van der Waals surface area (Å²) >= 11 is 6.09. The van der Waals surface area contributed by atoms with Crippen molar-refractivity contribution in [3.8, 4) is 0 Å². The van der Waals surface area contributed by atoms with E-state index in [0.29, 0.717) is 23.8 Å². The van der Waals surface area contributed by atoms with Gasteiger partial charge in [0.1, 0.15) is 0 Å². The average molecular weight is 579 g/mol. The summed E-state index contributed by atoms with van der Waals surface area (Å²) in [5.74, 6) is 2.25. The van der Waals surface area contributed by atoms with Crippen LogP contribution in [0.4, 0.5) is 23.5 Å². The smallest absolute Gasteiger partial charge is 0.250 e. The molecule has 0 radical (unpaired) electrons. The summed E-state index contributed by atoms with van der Waals surface area (Å²) in [6.45, 7) is 9.07. The highest BCUT2D eigenvalue weighted by Crippen LogP contribution is 2.26. The predicted molar refractivity (Wildman–Crippen MR) is 173 cm³/mol. The van der Waals surface area contributed by atoms with Crippen LogP contribution in [-0.4, -0.2) is 38.8 Å². The van der Waals surface area contributed by atoms with Gasteiger partial charge in [-0.2, -0.15) is 20.1 Å². The van der Waals surface area contributed by atoms with Gasteiger partial charge in [0.25, 0.3) is 0 Å². The highest BCUT2D eigenvalue weighted by Gasteiger charge is 2.20. The highest BCUT2D eigenvalue weighted by molar-refractivity contribution is 6.30. The Labute approximate surface area is 251 Å². The lowest BCUT2D eigenvalue weighted by Crippen LogP contribution is -2.34. The summed E-state index contributed by atoms with van der Waals surface area (Å²) in [5.41, 5.74) is 9.73. The third-order valence-corrected chi connectivity index (χ3v) is 8.25. The number of hydrazone groups is 1. The molecule has 0 unspecified atom stereocenters. The molecule has 0 amide bonds. The Hall–Kier alpha value is -4.43. The monoisotopic (exact) mass is 578 g/mol. The molecule has 3 aromatic carbocycles. The number of aryl methyl sites for hydroxylation is 1. The summed E-state index contributed by atoms with van der Waals surface area (Å²) < 4.78 is 2.23. The van der Waals surface area contributed by atoms with Crippen LogP contribution < -0.4 is 15.6 Å². The van der Waals surface area contributed by atoms with Gasteiger partial charge >= 0.3 is 0 Å². The molecule has 2 N–H and O–H groups in total. The Morgan fingerprint density at radius 3 is 2.50 bits per heavy atom. The van der Waals surface area contributed by atoms with Gasteiger partial charge < -0.3 is 14.8 Å². The van der Waals surface area contributed by atoms with Gasteiger partial charge in [-0.25, -0.2) is 5.43 Å². The number of para-hydroxylation sites is 1. The number of hydrogen-bond donors (Lipinski definition) is 2. The van der Waals surface area contributed by atoms with Gasteiger partial charge in [0, 0.05) is 53.0 Å². The van der Waals surface area contributed by atoms with Crippen molar-refractivity contribution in [1.82, 2.24) is 19.5 Å². The number of aromatic nitrogens is 4. The van der Waals surface area contributed by atoms with Gasteiger partial charge in [-0.3, -0.25) is 0 Å². The fourth-order valence-corrected chi connectivity index (χ4v) is 5.41. The zero-order valence-corrected chi connectivity index (χ0v) is 24.9. The normalized spacial score (nSPS) is 14.1. The van der Waals surface area contributed by atoms with E-state index >= 15 is 0 Å². The number of hydrogen-bond acceptors (Lipinski definition) is 7. The quantitative estimate of drug-likeness (QED) is 0.146. The molecule has 9 heteroatoms. The average Bonchev–Trinajstić information content (AvgIpc) is 3.34. The Balaban J connectivity index is 1.27. The van der Waals surface area contributed by atoms with Crippen LogP contribution in [0.1, 0.15) is 42.0 Å². The maximum Gasteiger partial charge on any atom is 0.250 e. The van der Waals surface area contributed by atoms with Gasteiger partial charge in [-0.05, 0) is 73.6 Å². The van der Waals surface area contributed by atoms with E-state index in [1.807, 2.05) is 36.5 Å². The third kappa shape index (κ3) is 6.24. The second kappa shape index (κ2) is 12.2. The molecule has 6 rings (SSSR count). The number of benzene rings is 3. The molecule has 1 aliphatic rings. The van der Waals surface area contributed by atoms with Crippen molar-refractivity contribution in [1.29, 1.82) is 0 Å². The number of nitrogens with one attached hydrogen (secondary N) is 2. The second-order valence-corrected chi connectivity index (χ2v) is 11.5. The molecule has 0 spiro atoms. The predicted octanol–water partition coefficient (Wildman–Crippen LogP) is 7.57. The Kier molecular flexibility index (Phi) is 8.06. The number of rotatable bonds is 8. The number of piperidine rings is 1. The molecule has 0 bridgehead atoms. The molecule has 42 heavy (non-hydrogen) atoms. The van der Waals surface area contributed by atoms with Crippen LogP contribution in [-0.2, 0) is 6.54 Å². The van der Waals surface area contributed by atoms with E-state index in [1.165, 1.54) is 11.1 Å². The van der Waals surface area contributed by atoms with E-state index in [2.05, 4.69) is 93.7 Å². The molecule has 0 aliphatic carbocycles. The third-order valence-electron chi connectivity index (χ3n) is 7.99. The maximum atomic E-state index is 6.09. The van der Waals surface area contributed by atoms with E-state index in [9.17, 15) is 0 Å². The van der Waals surface area contributed by atoms with E-state index in [4.69, 9.17) is 21.6 Å². The van der Waals surface area contributed by atoms with Crippen molar-refractivity contribution in [2.75, 3.05) is 28.7 Å². The van der Waals surface area contributed by atoms with Crippen LogP contribution in [0.5, 0.6) is 0 Å². The second-order valence-electron chi connectivity index (χ2n) is 11.1. The molecule has 0 atom stereocenters. The van der Waals surface area contributed by atoms with Crippen LogP contribution in [0.3, 0.4) is 0 Å². The molecule has 2 aromatic heterocycles. The van der Waals surface area contributed by atoms with Gasteiger partial charge in [0.05, 0.1) is 6.21 Å². The van der Waals surface area contributed by atoms with E-state index in [0.717, 1.165) is 65.2 Å². The van der Waals surface area contributed by atoms with Crippen LogP contribution in [0.15, 0.2) is 78.0 Å². The van der Waals surface area contributed by atoms with Crippen LogP contribution in [0, 0.1) is 19.8 Å². The maximum absolute atomic E-state index is 6.09. The zero-order valence-electron chi connectivity index (χ0n) is 24.2. The zero-order chi connectivity index (χ0) is 29.1. The fourth-order valence-electron chi connectivity index (χ4n) is 5.28. The summed E-state index contributed by atoms with van der Waals surface area (Å²) in [6.07, 6.45) is 6.18. The van der Waals surface area contributed by atoms with Crippen molar-refractivity contribution in [3.05, 3.63) is 100 Å². The van der Waals surface area contributed by atoms with Crippen molar-refractivity contribution in [2.45, 2.75) is 40.2 Å². The van der Waals surface area contributed by atoms with Gasteiger partial charge in [-0.15, -0.1) is 0 Å². The number of anilines is 4.